The van der Waals surface area contributed by atoms with Crippen LogP contribution in [0.3, 0.4) is 0 Å². The standard InChI is InChI=1S/C24H28N4O6S/c1-16(29)34-20-14-17(10-11-19(20)33-5)15-25-28(13-12-22(30)26-24(2,3)4)23-18-8-6-7-9-21(18)35(31,32)27-23/h6-11,14-15H,12-13H2,1-5H3,(H,26,30)/b25-15-. The fourth-order valence-electron chi connectivity index (χ4n) is 3.33. The van der Waals surface area contributed by atoms with E-state index >= 15 is 0 Å². The van der Waals surface area contributed by atoms with Crippen LogP contribution in [-0.2, 0) is 19.6 Å². The summed E-state index contributed by atoms with van der Waals surface area (Å²) in [6, 6.07) is 11.3. The minimum Gasteiger partial charge on any atom is -0.493 e. The number of hydrogen-bond donors (Lipinski definition) is 1. The number of sulfonamides is 1. The van der Waals surface area contributed by atoms with Gasteiger partial charge >= 0.3 is 5.97 Å². The van der Waals surface area contributed by atoms with Crippen molar-refractivity contribution in [3.63, 3.8) is 0 Å². The molecule has 1 heterocycles. The molecule has 1 aliphatic heterocycles. The van der Waals surface area contributed by atoms with E-state index in [0.717, 1.165) is 0 Å². The number of benzene rings is 2. The molecule has 1 N–H and O–H groups in total. The molecule has 0 bridgehead atoms. The molecule has 186 valence electrons. The summed E-state index contributed by atoms with van der Waals surface area (Å²) in [4.78, 5) is 23.9. The number of methoxy groups -OCH3 is 1. The highest BCUT2D eigenvalue weighted by molar-refractivity contribution is 7.90. The number of amides is 1. The van der Waals surface area contributed by atoms with Crippen molar-refractivity contribution in [3.8, 4) is 11.5 Å². The van der Waals surface area contributed by atoms with Gasteiger partial charge in [-0.05, 0) is 56.7 Å². The van der Waals surface area contributed by atoms with E-state index in [-0.39, 0.29) is 35.4 Å². The van der Waals surface area contributed by atoms with Crippen LogP contribution in [0.1, 0.15) is 45.2 Å². The number of carbonyl (C=O) groups excluding carboxylic acids is 2. The van der Waals surface area contributed by atoms with Crippen molar-refractivity contribution in [3.05, 3.63) is 53.6 Å². The first-order valence-electron chi connectivity index (χ1n) is 10.8. The average Bonchev–Trinajstić information content (AvgIpc) is 3.03. The molecule has 2 aromatic rings. The Bertz CT molecular complexity index is 1300. The van der Waals surface area contributed by atoms with Gasteiger partial charge in [0, 0.05) is 24.4 Å². The van der Waals surface area contributed by atoms with E-state index in [2.05, 4.69) is 14.8 Å². The van der Waals surface area contributed by atoms with Gasteiger partial charge in [0.2, 0.25) is 5.91 Å². The SMILES string of the molecule is COc1ccc(/C=N\N(CCC(=O)NC(C)(C)C)C2=NS(=O)(=O)c3ccccc32)cc1OC(C)=O. The second-order valence-electron chi connectivity index (χ2n) is 8.81. The number of carbonyl (C=O) groups is 2. The number of hydrogen-bond acceptors (Lipinski definition) is 8. The zero-order valence-corrected chi connectivity index (χ0v) is 21.0. The molecule has 1 amide bonds. The van der Waals surface area contributed by atoms with Crippen molar-refractivity contribution in [1.82, 2.24) is 10.3 Å². The summed E-state index contributed by atoms with van der Waals surface area (Å²) in [6.07, 6.45) is 1.52. The molecule has 11 heteroatoms. The van der Waals surface area contributed by atoms with Crippen LogP contribution in [0.25, 0.3) is 0 Å². The molecule has 0 aromatic heterocycles. The highest BCUT2D eigenvalue weighted by atomic mass is 32.2. The summed E-state index contributed by atoms with van der Waals surface area (Å²) in [7, 11) is -2.43. The second kappa shape index (κ2) is 10.3. The summed E-state index contributed by atoms with van der Waals surface area (Å²) in [5.74, 6) is -0.0198. The normalized spacial score (nSPS) is 14.3. The van der Waals surface area contributed by atoms with Gasteiger partial charge in [0.05, 0.1) is 19.9 Å². The summed E-state index contributed by atoms with van der Waals surface area (Å²) < 4.78 is 39.5. The molecule has 0 saturated heterocycles. The highest BCUT2D eigenvalue weighted by Gasteiger charge is 2.32. The van der Waals surface area contributed by atoms with Gasteiger partial charge in [0.1, 0.15) is 4.90 Å². The van der Waals surface area contributed by atoms with Crippen LogP contribution in [-0.4, -0.2) is 56.5 Å². The van der Waals surface area contributed by atoms with Crippen LogP contribution >= 0.6 is 0 Å². The Balaban J connectivity index is 1.95. The first-order chi connectivity index (χ1) is 16.4. The van der Waals surface area contributed by atoms with Gasteiger partial charge in [-0.15, -0.1) is 4.40 Å². The lowest BCUT2D eigenvalue weighted by Gasteiger charge is -2.22. The quantitative estimate of drug-likeness (QED) is 0.268. The van der Waals surface area contributed by atoms with Gasteiger partial charge in [0.15, 0.2) is 17.3 Å². The largest absolute Gasteiger partial charge is 0.493 e. The van der Waals surface area contributed by atoms with Gasteiger partial charge in [-0.3, -0.25) is 9.59 Å². The zero-order valence-electron chi connectivity index (χ0n) is 20.2. The Morgan fingerprint density at radius 2 is 1.86 bits per heavy atom. The number of ether oxygens (including phenoxy) is 2. The number of hydrazone groups is 1. The smallest absolute Gasteiger partial charge is 0.308 e. The molecule has 0 saturated carbocycles. The van der Waals surface area contributed by atoms with Crippen molar-refractivity contribution in [2.75, 3.05) is 13.7 Å². The minimum absolute atomic E-state index is 0.0527. The number of fused-ring (bicyclic) bond motifs is 1. The van der Waals surface area contributed by atoms with E-state index in [9.17, 15) is 18.0 Å². The lowest BCUT2D eigenvalue weighted by Crippen LogP contribution is -2.42. The Morgan fingerprint density at radius 1 is 1.14 bits per heavy atom. The molecule has 1 aliphatic rings. The van der Waals surface area contributed by atoms with Gasteiger partial charge in [0.25, 0.3) is 10.0 Å². The van der Waals surface area contributed by atoms with E-state index < -0.39 is 21.5 Å². The number of nitrogens with one attached hydrogen (secondary N) is 1. The highest BCUT2D eigenvalue weighted by Crippen LogP contribution is 2.29. The summed E-state index contributed by atoms with van der Waals surface area (Å²) >= 11 is 0. The number of nitrogens with zero attached hydrogens (tertiary/aromatic N) is 3. The Kier molecular flexibility index (Phi) is 7.59. The van der Waals surface area contributed by atoms with Crippen molar-refractivity contribution in [2.45, 2.75) is 44.6 Å². The van der Waals surface area contributed by atoms with Crippen LogP contribution in [0, 0.1) is 0 Å². The summed E-state index contributed by atoms with van der Waals surface area (Å²) in [5.41, 5.74) is 0.541. The number of rotatable bonds is 7. The van der Waals surface area contributed by atoms with E-state index in [1.54, 1.807) is 36.4 Å². The third-order valence-electron chi connectivity index (χ3n) is 4.71. The average molecular weight is 501 g/mol. The Morgan fingerprint density at radius 3 is 2.51 bits per heavy atom. The second-order valence-corrected chi connectivity index (χ2v) is 10.4. The maximum Gasteiger partial charge on any atom is 0.308 e. The summed E-state index contributed by atoms with van der Waals surface area (Å²) in [6.45, 7) is 6.97. The van der Waals surface area contributed by atoms with Gasteiger partial charge in [-0.1, -0.05) is 12.1 Å². The predicted molar refractivity (Wildman–Crippen MR) is 131 cm³/mol. The Hall–Kier alpha value is -3.73. The van der Waals surface area contributed by atoms with Crippen molar-refractivity contribution in [2.24, 2.45) is 9.50 Å². The van der Waals surface area contributed by atoms with Crippen LogP contribution in [0.4, 0.5) is 0 Å². The third kappa shape index (κ3) is 6.66. The zero-order chi connectivity index (χ0) is 25.8. The maximum atomic E-state index is 12.6. The molecule has 3 rings (SSSR count). The number of amidine groups is 1. The third-order valence-corrected chi connectivity index (χ3v) is 6.03. The van der Waals surface area contributed by atoms with Crippen LogP contribution in [0.5, 0.6) is 11.5 Å². The first-order valence-corrected chi connectivity index (χ1v) is 12.3. The molecule has 10 nitrogen and oxygen atoms in total. The lowest BCUT2D eigenvalue weighted by atomic mass is 10.1. The van der Waals surface area contributed by atoms with Crippen molar-refractivity contribution >= 4 is 33.9 Å². The predicted octanol–water partition coefficient (Wildman–Crippen LogP) is 2.71. The van der Waals surface area contributed by atoms with Gasteiger partial charge in [-0.25, -0.2) is 5.01 Å². The number of esters is 1. The molecule has 0 spiro atoms. The van der Waals surface area contributed by atoms with E-state index in [1.807, 2.05) is 20.8 Å². The summed E-state index contributed by atoms with van der Waals surface area (Å²) in [5, 5.41) is 8.69. The molecule has 35 heavy (non-hydrogen) atoms. The van der Waals surface area contributed by atoms with Gasteiger partial charge in [-0.2, -0.15) is 13.5 Å². The lowest BCUT2D eigenvalue weighted by molar-refractivity contribution is -0.132. The molecular weight excluding hydrogens is 472 g/mol. The van der Waals surface area contributed by atoms with Crippen molar-refractivity contribution in [1.29, 1.82) is 0 Å². The van der Waals surface area contributed by atoms with E-state index in [1.165, 1.54) is 31.3 Å². The molecule has 2 aromatic carbocycles. The molecule has 0 radical (unpaired) electrons. The van der Waals surface area contributed by atoms with Crippen LogP contribution < -0.4 is 14.8 Å². The fraction of sp³-hybridized carbons (Fsp3) is 0.333. The van der Waals surface area contributed by atoms with E-state index in [0.29, 0.717) is 16.9 Å². The Labute approximate surface area is 204 Å². The molecule has 0 fully saturated rings. The van der Waals surface area contributed by atoms with Crippen LogP contribution in [0.15, 0.2) is 56.9 Å². The topological polar surface area (TPSA) is 127 Å². The van der Waals surface area contributed by atoms with E-state index in [4.69, 9.17) is 9.47 Å². The molecule has 0 unspecified atom stereocenters. The minimum atomic E-state index is -3.88. The maximum absolute atomic E-state index is 12.6. The molecule has 0 atom stereocenters. The van der Waals surface area contributed by atoms with Crippen LogP contribution in [0.2, 0.25) is 0 Å². The monoisotopic (exact) mass is 500 g/mol. The van der Waals surface area contributed by atoms with Crippen molar-refractivity contribution < 1.29 is 27.5 Å². The molecular formula is C24H28N4O6S. The first kappa shape index (κ1) is 25.9. The fourth-order valence-corrected chi connectivity index (χ4v) is 4.53. The molecule has 0 aliphatic carbocycles. The van der Waals surface area contributed by atoms with Gasteiger partial charge < -0.3 is 14.8 Å².